The Balaban J connectivity index is 1.14. The summed E-state index contributed by atoms with van der Waals surface area (Å²) in [6.07, 6.45) is 0. The van der Waals surface area contributed by atoms with Gasteiger partial charge < -0.3 is 20.4 Å². The minimum absolute atomic E-state index is 0.0105. The number of fused-ring (bicyclic) bond motifs is 7. The molecule has 274 valence electrons. The zero-order valence-electron chi connectivity index (χ0n) is 30.8. The summed E-state index contributed by atoms with van der Waals surface area (Å²) < 4.78 is 0. The second-order valence-corrected chi connectivity index (χ2v) is 14.7. The Kier molecular flexibility index (Phi) is 7.37. The number of hydrogen-bond acceptors (Lipinski definition) is 6. The number of hydrogen-bond donors (Lipinski definition) is 4. The van der Waals surface area contributed by atoms with Gasteiger partial charge in [-0.05, 0) is 79.5 Å². The fraction of sp³-hybridized carbons (Fsp3) is 0. The van der Waals surface area contributed by atoms with Crippen LogP contribution in [-0.2, 0) is 0 Å². The molecule has 0 spiro atoms. The Morgan fingerprint density at radius 3 is 1.03 bits per heavy atom. The SMILES string of the molecule is Oc1ccc2ccccc2c1-c1c(O)c(-c2ccc3ccc4ccc(-c5cc6ccccc6c(-c6c(O)ccc7ccccc67)c5O)nc4c3n2)cc2ccccc12. The molecule has 6 nitrogen and oxygen atoms in total. The summed E-state index contributed by atoms with van der Waals surface area (Å²) >= 11 is 0. The van der Waals surface area contributed by atoms with Crippen molar-refractivity contribution < 1.29 is 20.4 Å². The highest BCUT2D eigenvalue weighted by molar-refractivity contribution is 6.14. The zero-order chi connectivity index (χ0) is 39.1. The molecule has 2 aromatic heterocycles. The van der Waals surface area contributed by atoms with Crippen LogP contribution in [0, 0.1) is 0 Å². The van der Waals surface area contributed by atoms with Gasteiger partial charge in [-0.1, -0.05) is 133 Å². The van der Waals surface area contributed by atoms with Gasteiger partial charge in [0.25, 0.3) is 0 Å². The molecule has 0 unspecified atom stereocenters. The molecular weight excluding hydrogens is 717 g/mol. The molecule has 0 radical (unpaired) electrons. The third-order valence-corrected chi connectivity index (χ3v) is 11.4. The first-order valence-electron chi connectivity index (χ1n) is 19.1. The van der Waals surface area contributed by atoms with Gasteiger partial charge in [0.15, 0.2) is 0 Å². The number of nitrogens with zero attached hydrogens (tertiary/aromatic N) is 2. The van der Waals surface area contributed by atoms with Crippen molar-refractivity contribution in [1.29, 1.82) is 0 Å². The van der Waals surface area contributed by atoms with Crippen LogP contribution in [0.2, 0.25) is 0 Å². The lowest BCUT2D eigenvalue weighted by molar-refractivity contribution is 0.471. The largest absolute Gasteiger partial charge is 0.507 e. The van der Waals surface area contributed by atoms with Crippen LogP contribution in [0.25, 0.3) is 110 Å². The van der Waals surface area contributed by atoms with E-state index >= 15 is 0 Å². The molecular formula is C52H32N2O4. The van der Waals surface area contributed by atoms with Gasteiger partial charge in [0.2, 0.25) is 0 Å². The number of benzene rings is 9. The number of rotatable bonds is 4. The van der Waals surface area contributed by atoms with Crippen molar-refractivity contribution in [2.24, 2.45) is 0 Å². The van der Waals surface area contributed by atoms with Gasteiger partial charge in [-0.2, -0.15) is 0 Å². The average molecular weight is 749 g/mol. The lowest BCUT2D eigenvalue weighted by Crippen LogP contribution is -1.94. The van der Waals surface area contributed by atoms with E-state index in [-0.39, 0.29) is 23.0 Å². The van der Waals surface area contributed by atoms with Crippen molar-refractivity contribution in [2.45, 2.75) is 0 Å². The van der Waals surface area contributed by atoms with Gasteiger partial charge in [0, 0.05) is 44.2 Å². The summed E-state index contributed by atoms with van der Waals surface area (Å²) in [5.41, 5.74) is 5.54. The molecule has 4 N–H and O–H groups in total. The fourth-order valence-corrected chi connectivity index (χ4v) is 8.68. The minimum Gasteiger partial charge on any atom is -0.507 e. The van der Waals surface area contributed by atoms with Crippen LogP contribution in [0.5, 0.6) is 23.0 Å². The van der Waals surface area contributed by atoms with Gasteiger partial charge in [0.05, 0.1) is 22.4 Å². The van der Waals surface area contributed by atoms with E-state index in [9.17, 15) is 20.4 Å². The molecule has 11 rings (SSSR count). The van der Waals surface area contributed by atoms with Crippen molar-refractivity contribution in [3.05, 3.63) is 170 Å². The van der Waals surface area contributed by atoms with E-state index in [0.717, 1.165) is 53.9 Å². The van der Waals surface area contributed by atoms with E-state index in [0.29, 0.717) is 55.8 Å². The summed E-state index contributed by atoms with van der Waals surface area (Å²) in [4.78, 5) is 10.4. The maximum Gasteiger partial charge on any atom is 0.133 e. The standard InChI is InChI=1S/C52H32N2O4/c55-43-25-21-29-9-1-5-13-35(29)45(43)47-37-15-7-3-11-33(37)27-39(51(47)57)41-23-19-31-17-18-32-20-24-42(54-50(32)49(31)53-41)40-28-34-12-4-8-16-38(34)48(52(40)58)46-36-14-6-2-10-30(36)22-26-44(46)56/h1-28,55-58H. The van der Waals surface area contributed by atoms with Crippen molar-refractivity contribution in [1.82, 2.24) is 9.97 Å². The molecule has 0 amide bonds. The molecule has 11 aromatic rings. The lowest BCUT2D eigenvalue weighted by atomic mass is 9.89. The molecule has 0 aliphatic heterocycles. The third kappa shape index (κ3) is 5.05. The Morgan fingerprint density at radius 1 is 0.293 bits per heavy atom. The topological polar surface area (TPSA) is 107 Å². The van der Waals surface area contributed by atoms with Crippen LogP contribution in [0.15, 0.2) is 170 Å². The monoisotopic (exact) mass is 748 g/mol. The van der Waals surface area contributed by atoms with Gasteiger partial charge in [-0.25, -0.2) is 9.97 Å². The van der Waals surface area contributed by atoms with Crippen molar-refractivity contribution in [2.75, 3.05) is 0 Å². The highest BCUT2D eigenvalue weighted by Gasteiger charge is 2.23. The summed E-state index contributed by atoms with van der Waals surface area (Å²) in [7, 11) is 0. The number of phenolic OH excluding ortho intramolecular Hbond substituents is 4. The van der Waals surface area contributed by atoms with E-state index in [1.807, 2.05) is 158 Å². The van der Waals surface area contributed by atoms with Gasteiger partial charge in [-0.15, -0.1) is 0 Å². The van der Waals surface area contributed by atoms with Crippen molar-refractivity contribution in [3.8, 4) is 67.8 Å². The maximum atomic E-state index is 12.3. The van der Waals surface area contributed by atoms with Crippen LogP contribution in [0.4, 0.5) is 0 Å². The van der Waals surface area contributed by atoms with E-state index in [2.05, 4.69) is 0 Å². The molecule has 0 aliphatic rings. The Bertz CT molecular complexity index is 3290. The molecule has 0 bridgehead atoms. The molecule has 58 heavy (non-hydrogen) atoms. The van der Waals surface area contributed by atoms with Gasteiger partial charge in [-0.3, -0.25) is 0 Å². The van der Waals surface area contributed by atoms with Crippen LogP contribution in [0.3, 0.4) is 0 Å². The van der Waals surface area contributed by atoms with Crippen LogP contribution < -0.4 is 0 Å². The first-order chi connectivity index (χ1) is 28.4. The molecule has 6 heteroatoms. The first kappa shape index (κ1) is 33.4. The number of phenols is 4. The quantitative estimate of drug-likeness (QED) is 0.134. The van der Waals surface area contributed by atoms with Crippen LogP contribution in [0.1, 0.15) is 0 Å². The number of pyridine rings is 2. The average Bonchev–Trinajstić information content (AvgIpc) is 3.26. The van der Waals surface area contributed by atoms with Gasteiger partial charge >= 0.3 is 0 Å². The number of aromatic nitrogens is 2. The second-order valence-electron chi connectivity index (χ2n) is 14.7. The zero-order valence-corrected chi connectivity index (χ0v) is 30.8. The van der Waals surface area contributed by atoms with E-state index < -0.39 is 0 Å². The summed E-state index contributed by atoms with van der Waals surface area (Å²) in [5, 5.41) is 55.9. The summed E-state index contributed by atoms with van der Waals surface area (Å²) in [6, 6.07) is 54.0. The predicted molar refractivity (Wildman–Crippen MR) is 235 cm³/mol. The Labute approximate surface area is 331 Å². The van der Waals surface area contributed by atoms with Crippen LogP contribution in [-0.4, -0.2) is 30.4 Å². The highest BCUT2D eigenvalue weighted by atomic mass is 16.3. The van der Waals surface area contributed by atoms with E-state index in [1.165, 1.54) is 0 Å². The highest BCUT2D eigenvalue weighted by Crippen LogP contribution is 2.50. The van der Waals surface area contributed by atoms with E-state index in [4.69, 9.17) is 9.97 Å². The Morgan fingerprint density at radius 2 is 0.621 bits per heavy atom. The maximum absolute atomic E-state index is 12.3. The molecule has 0 atom stereocenters. The molecule has 2 heterocycles. The van der Waals surface area contributed by atoms with Crippen molar-refractivity contribution >= 4 is 64.9 Å². The minimum atomic E-state index is 0.0105. The predicted octanol–water partition coefficient (Wildman–Crippen LogP) is 12.9. The number of aromatic hydroxyl groups is 4. The lowest BCUT2D eigenvalue weighted by Gasteiger charge is -2.18. The molecule has 0 saturated heterocycles. The van der Waals surface area contributed by atoms with Gasteiger partial charge in [0.1, 0.15) is 23.0 Å². The van der Waals surface area contributed by atoms with Crippen molar-refractivity contribution in [3.63, 3.8) is 0 Å². The normalized spacial score (nSPS) is 11.7. The van der Waals surface area contributed by atoms with Crippen LogP contribution >= 0.6 is 0 Å². The second kappa shape index (κ2) is 12.8. The summed E-state index contributed by atoms with van der Waals surface area (Å²) in [5.74, 6) is 0.162. The first-order valence-corrected chi connectivity index (χ1v) is 19.1. The third-order valence-electron chi connectivity index (χ3n) is 11.4. The molecule has 0 aliphatic carbocycles. The van der Waals surface area contributed by atoms with E-state index in [1.54, 1.807) is 12.1 Å². The Hall–Kier alpha value is -7.96. The fourth-order valence-electron chi connectivity index (χ4n) is 8.68. The molecule has 0 saturated carbocycles. The smallest absolute Gasteiger partial charge is 0.133 e. The molecule has 9 aromatic carbocycles. The molecule has 0 fully saturated rings. The summed E-state index contributed by atoms with van der Waals surface area (Å²) in [6.45, 7) is 0.